The average molecular weight is 251 g/mol. The lowest BCUT2D eigenvalue weighted by atomic mass is 10.0. The summed E-state index contributed by atoms with van der Waals surface area (Å²) in [7, 11) is 0. The lowest BCUT2D eigenvalue weighted by molar-refractivity contribution is 0.921. The van der Waals surface area contributed by atoms with E-state index in [-0.39, 0.29) is 12.4 Å². The first-order valence-corrected chi connectivity index (χ1v) is 5.78. The van der Waals surface area contributed by atoms with Crippen LogP contribution in [0, 0.1) is 13.8 Å². The summed E-state index contributed by atoms with van der Waals surface area (Å²) in [5.74, 6) is 0.678. The molecule has 0 spiro atoms. The van der Waals surface area contributed by atoms with Gasteiger partial charge >= 0.3 is 0 Å². The standard InChI is InChI=1S/C14H18N2.ClH/c1-4-5-11-8-12-6-9(2)10(3)7-13(12)16-14(11)15;/h6-8H,4-5H2,1-3H3,(H2,15,16);1H. The molecule has 0 radical (unpaired) electrons. The van der Waals surface area contributed by atoms with Gasteiger partial charge in [0.25, 0.3) is 0 Å². The number of fused-ring (bicyclic) bond motifs is 1. The fourth-order valence-electron chi connectivity index (χ4n) is 1.97. The monoisotopic (exact) mass is 250 g/mol. The van der Waals surface area contributed by atoms with E-state index in [4.69, 9.17) is 5.73 Å². The molecule has 0 unspecified atom stereocenters. The molecule has 0 aliphatic carbocycles. The second-order valence-corrected chi connectivity index (χ2v) is 4.41. The summed E-state index contributed by atoms with van der Waals surface area (Å²) in [5, 5.41) is 1.20. The Bertz CT molecular complexity index is 535. The number of rotatable bonds is 2. The van der Waals surface area contributed by atoms with Crippen molar-refractivity contribution in [2.24, 2.45) is 0 Å². The van der Waals surface area contributed by atoms with Crippen molar-refractivity contribution < 1.29 is 0 Å². The van der Waals surface area contributed by atoms with Gasteiger partial charge in [0.15, 0.2) is 0 Å². The van der Waals surface area contributed by atoms with Crippen molar-refractivity contribution in [3.05, 3.63) is 34.9 Å². The fraction of sp³-hybridized carbons (Fsp3) is 0.357. The molecule has 0 bridgehead atoms. The normalized spacial score (nSPS) is 10.3. The van der Waals surface area contributed by atoms with Crippen molar-refractivity contribution in [2.45, 2.75) is 33.6 Å². The summed E-state index contributed by atoms with van der Waals surface area (Å²) in [6.45, 7) is 6.39. The molecule has 0 atom stereocenters. The van der Waals surface area contributed by atoms with E-state index >= 15 is 0 Å². The molecule has 2 aromatic rings. The summed E-state index contributed by atoms with van der Waals surface area (Å²) in [6, 6.07) is 6.47. The Labute approximate surface area is 109 Å². The highest BCUT2D eigenvalue weighted by Gasteiger charge is 2.04. The molecule has 0 saturated heterocycles. The summed E-state index contributed by atoms with van der Waals surface area (Å²) in [4.78, 5) is 4.47. The van der Waals surface area contributed by atoms with Gasteiger partial charge in [-0.2, -0.15) is 0 Å². The molecule has 2 rings (SSSR count). The van der Waals surface area contributed by atoms with E-state index < -0.39 is 0 Å². The first kappa shape index (κ1) is 13.8. The number of aryl methyl sites for hydroxylation is 3. The van der Waals surface area contributed by atoms with Gasteiger partial charge in [-0.25, -0.2) is 4.98 Å². The maximum atomic E-state index is 5.95. The number of nitrogens with zero attached hydrogens (tertiary/aromatic N) is 1. The van der Waals surface area contributed by atoms with Crippen molar-refractivity contribution in [3.63, 3.8) is 0 Å². The first-order valence-electron chi connectivity index (χ1n) is 5.78. The van der Waals surface area contributed by atoms with Crippen LogP contribution in [0.5, 0.6) is 0 Å². The van der Waals surface area contributed by atoms with Crippen molar-refractivity contribution in [2.75, 3.05) is 5.73 Å². The molecule has 1 aromatic carbocycles. The Morgan fingerprint density at radius 1 is 1.12 bits per heavy atom. The quantitative estimate of drug-likeness (QED) is 0.880. The lowest BCUT2D eigenvalue weighted by Gasteiger charge is -2.08. The molecular formula is C14H19ClN2. The molecule has 1 aromatic heterocycles. The van der Waals surface area contributed by atoms with E-state index in [0.29, 0.717) is 5.82 Å². The molecule has 0 fully saturated rings. The average Bonchev–Trinajstić information content (AvgIpc) is 2.23. The van der Waals surface area contributed by atoms with E-state index in [0.717, 1.165) is 18.4 Å². The molecule has 92 valence electrons. The van der Waals surface area contributed by atoms with Crippen LogP contribution in [0.25, 0.3) is 10.9 Å². The number of pyridine rings is 1. The van der Waals surface area contributed by atoms with Crippen LogP contribution in [0.1, 0.15) is 30.0 Å². The number of halogens is 1. The Kier molecular flexibility index (Phi) is 4.35. The first-order chi connectivity index (χ1) is 7.61. The molecule has 17 heavy (non-hydrogen) atoms. The Balaban J connectivity index is 0.00000144. The Morgan fingerprint density at radius 3 is 2.41 bits per heavy atom. The van der Waals surface area contributed by atoms with Crippen molar-refractivity contribution in [3.8, 4) is 0 Å². The van der Waals surface area contributed by atoms with Crippen LogP contribution in [0.15, 0.2) is 18.2 Å². The summed E-state index contributed by atoms with van der Waals surface area (Å²) < 4.78 is 0. The number of benzene rings is 1. The van der Waals surface area contributed by atoms with Crippen molar-refractivity contribution in [1.29, 1.82) is 0 Å². The number of nitrogens with two attached hydrogens (primary N) is 1. The molecule has 3 heteroatoms. The van der Waals surface area contributed by atoms with E-state index in [1.54, 1.807) is 0 Å². The van der Waals surface area contributed by atoms with E-state index in [1.165, 1.54) is 22.1 Å². The molecule has 1 heterocycles. The molecular weight excluding hydrogens is 232 g/mol. The van der Waals surface area contributed by atoms with Gasteiger partial charge in [-0.1, -0.05) is 13.3 Å². The van der Waals surface area contributed by atoms with Crippen LogP contribution < -0.4 is 5.73 Å². The van der Waals surface area contributed by atoms with Crippen LogP contribution >= 0.6 is 12.4 Å². The lowest BCUT2D eigenvalue weighted by Crippen LogP contribution is -1.98. The van der Waals surface area contributed by atoms with Crippen LogP contribution in [0.3, 0.4) is 0 Å². The van der Waals surface area contributed by atoms with Crippen LogP contribution in [0.2, 0.25) is 0 Å². The van der Waals surface area contributed by atoms with E-state index in [2.05, 4.69) is 44.0 Å². The van der Waals surface area contributed by atoms with E-state index in [9.17, 15) is 0 Å². The highest BCUT2D eigenvalue weighted by Crippen LogP contribution is 2.22. The second kappa shape index (κ2) is 5.37. The SMILES string of the molecule is CCCc1cc2cc(C)c(C)cc2nc1N.Cl. The van der Waals surface area contributed by atoms with Crippen LogP contribution in [-0.4, -0.2) is 4.98 Å². The zero-order chi connectivity index (χ0) is 11.7. The van der Waals surface area contributed by atoms with Gasteiger partial charge in [-0.05, 0) is 55.2 Å². The highest BCUT2D eigenvalue weighted by atomic mass is 35.5. The number of aromatic nitrogens is 1. The number of nitrogen functional groups attached to an aromatic ring is 1. The zero-order valence-electron chi connectivity index (χ0n) is 10.6. The topological polar surface area (TPSA) is 38.9 Å². The zero-order valence-corrected chi connectivity index (χ0v) is 11.4. The molecule has 0 amide bonds. The minimum atomic E-state index is 0. The maximum absolute atomic E-state index is 5.95. The van der Waals surface area contributed by atoms with Crippen molar-refractivity contribution >= 4 is 29.1 Å². The summed E-state index contributed by atoms with van der Waals surface area (Å²) >= 11 is 0. The third-order valence-electron chi connectivity index (χ3n) is 3.06. The number of hydrogen-bond acceptors (Lipinski definition) is 2. The van der Waals surface area contributed by atoms with Gasteiger partial charge in [-0.3, -0.25) is 0 Å². The Morgan fingerprint density at radius 2 is 1.76 bits per heavy atom. The van der Waals surface area contributed by atoms with Crippen LogP contribution in [0.4, 0.5) is 5.82 Å². The third-order valence-corrected chi connectivity index (χ3v) is 3.06. The van der Waals surface area contributed by atoms with E-state index in [1.807, 2.05) is 0 Å². The molecule has 0 saturated carbocycles. The predicted octanol–water partition coefficient (Wildman–Crippen LogP) is 3.81. The second-order valence-electron chi connectivity index (χ2n) is 4.41. The minimum absolute atomic E-state index is 0. The highest BCUT2D eigenvalue weighted by molar-refractivity contribution is 5.85. The molecule has 2 N–H and O–H groups in total. The molecule has 0 aliphatic rings. The predicted molar refractivity (Wildman–Crippen MR) is 76.9 cm³/mol. The number of hydrogen-bond donors (Lipinski definition) is 1. The van der Waals surface area contributed by atoms with Gasteiger partial charge in [-0.15, -0.1) is 12.4 Å². The summed E-state index contributed by atoms with van der Waals surface area (Å²) in [6.07, 6.45) is 2.10. The minimum Gasteiger partial charge on any atom is -0.383 e. The third kappa shape index (κ3) is 2.70. The maximum Gasteiger partial charge on any atom is 0.127 e. The Hall–Kier alpha value is -1.28. The van der Waals surface area contributed by atoms with Crippen molar-refractivity contribution in [1.82, 2.24) is 4.98 Å². The van der Waals surface area contributed by atoms with Gasteiger partial charge in [0.1, 0.15) is 5.82 Å². The number of anilines is 1. The largest absolute Gasteiger partial charge is 0.383 e. The van der Waals surface area contributed by atoms with Gasteiger partial charge in [0.05, 0.1) is 5.52 Å². The summed E-state index contributed by atoms with van der Waals surface area (Å²) in [5.41, 5.74) is 10.7. The van der Waals surface area contributed by atoms with Gasteiger partial charge < -0.3 is 5.73 Å². The van der Waals surface area contributed by atoms with Crippen LogP contribution in [-0.2, 0) is 6.42 Å². The molecule has 2 nitrogen and oxygen atoms in total. The van der Waals surface area contributed by atoms with Gasteiger partial charge in [0, 0.05) is 5.39 Å². The van der Waals surface area contributed by atoms with Gasteiger partial charge in [0.2, 0.25) is 0 Å². The molecule has 0 aliphatic heterocycles. The fourth-order valence-corrected chi connectivity index (χ4v) is 1.97. The smallest absolute Gasteiger partial charge is 0.127 e.